The van der Waals surface area contributed by atoms with Gasteiger partial charge in [0.1, 0.15) is 0 Å². The molecule has 1 heterocycles. The number of aliphatic hydroxyl groups excluding tert-OH is 2. The van der Waals surface area contributed by atoms with Crippen LogP contribution < -0.4 is 4.90 Å². The lowest BCUT2D eigenvalue weighted by Gasteiger charge is -2.23. The molecule has 0 aromatic heterocycles. The second-order valence-corrected chi connectivity index (χ2v) is 4.85. The van der Waals surface area contributed by atoms with Gasteiger partial charge in [-0.05, 0) is 31.7 Å². The summed E-state index contributed by atoms with van der Waals surface area (Å²) in [5.41, 5.74) is 2.14. The summed E-state index contributed by atoms with van der Waals surface area (Å²) in [6, 6.07) is 8.04. The summed E-state index contributed by atoms with van der Waals surface area (Å²) in [4.78, 5) is 2.32. The van der Waals surface area contributed by atoms with E-state index in [1.165, 1.54) is 0 Å². The summed E-state index contributed by atoms with van der Waals surface area (Å²) in [7, 11) is 0. The predicted molar refractivity (Wildman–Crippen MR) is 69.1 cm³/mol. The molecule has 1 saturated heterocycles. The molecule has 2 rings (SSSR count). The van der Waals surface area contributed by atoms with Gasteiger partial charge in [-0.25, -0.2) is 0 Å². The minimum Gasteiger partial charge on any atom is -0.396 e. The topological polar surface area (TPSA) is 43.7 Å². The number of anilines is 1. The van der Waals surface area contributed by atoms with E-state index in [9.17, 15) is 5.11 Å². The second-order valence-electron chi connectivity index (χ2n) is 4.85. The molecule has 0 saturated carbocycles. The first-order valence-electron chi connectivity index (χ1n) is 6.35. The summed E-state index contributed by atoms with van der Waals surface area (Å²) in [5.74, 6) is 0.585. The van der Waals surface area contributed by atoms with E-state index in [-0.39, 0.29) is 6.61 Å². The SMILES string of the molecule is CC(O)c1ccccc1N1CCC(CCO)C1. The standard InChI is InChI=1S/C14H21NO2/c1-11(17)13-4-2-3-5-14(13)15-8-6-12(10-15)7-9-16/h2-5,11-12,16-17H,6-10H2,1H3. The molecule has 0 aliphatic carbocycles. The van der Waals surface area contributed by atoms with Crippen LogP contribution in [0, 0.1) is 5.92 Å². The Hall–Kier alpha value is -1.06. The summed E-state index contributed by atoms with van der Waals surface area (Å²) in [6.07, 6.45) is 1.59. The number of hydrogen-bond acceptors (Lipinski definition) is 3. The van der Waals surface area contributed by atoms with E-state index in [0.717, 1.165) is 37.2 Å². The van der Waals surface area contributed by atoms with E-state index in [1.807, 2.05) is 18.2 Å². The molecule has 0 radical (unpaired) electrons. The molecule has 2 N–H and O–H groups in total. The third kappa shape index (κ3) is 2.79. The smallest absolute Gasteiger partial charge is 0.0781 e. The van der Waals surface area contributed by atoms with Crippen LogP contribution in [0.3, 0.4) is 0 Å². The van der Waals surface area contributed by atoms with Gasteiger partial charge in [-0.2, -0.15) is 0 Å². The summed E-state index contributed by atoms with van der Waals surface area (Å²) >= 11 is 0. The van der Waals surface area contributed by atoms with E-state index in [0.29, 0.717) is 5.92 Å². The summed E-state index contributed by atoms with van der Waals surface area (Å²) in [6.45, 7) is 4.09. The average Bonchev–Trinajstić information content (AvgIpc) is 2.78. The molecule has 0 spiro atoms. The highest BCUT2D eigenvalue weighted by Gasteiger charge is 2.24. The molecular weight excluding hydrogens is 214 g/mol. The molecule has 3 heteroatoms. The van der Waals surface area contributed by atoms with Crippen molar-refractivity contribution in [2.75, 3.05) is 24.6 Å². The molecule has 1 aromatic carbocycles. The normalized spacial score (nSPS) is 21.8. The van der Waals surface area contributed by atoms with Gasteiger partial charge in [0.2, 0.25) is 0 Å². The Bertz CT molecular complexity index is 365. The molecule has 17 heavy (non-hydrogen) atoms. The van der Waals surface area contributed by atoms with Crippen LogP contribution in [0.1, 0.15) is 31.4 Å². The molecule has 2 unspecified atom stereocenters. The first-order valence-corrected chi connectivity index (χ1v) is 6.35. The van der Waals surface area contributed by atoms with Crippen LogP contribution in [-0.4, -0.2) is 29.9 Å². The van der Waals surface area contributed by atoms with Crippen LogP contribution in [0.2, 0.25) is 0 Å². The van der Waals surface area contributed by atoms with Crippen molar-refractivity contribution in [1.82, 2.24) is 0 Å². The molecule has 1 aliphatic rings. The van der Waals surface area contributed by atoms with Gasteiger partial charge in [-0.15, -0.1) is 0 Å². The number of aliphatic hydroxyl groups is 2. The van der Waals surface area contributed by atoms with Crippen molar-refractivity contribution in [3.05, 3.63) is 29.8 Å². The van der Waals surface area contributed by atoms with Gasteiger partial charge in [-0.3, -0.25) is 0 Å². The number of para-hydroxylation sites is 1. The highest BCUT2D eigenvalue weighted by molar-refractivity contribution is 5.55. The van der Waals surface area contributed by atoms with Crippen molar-refractivity contribution in [2.45, 2.75) is 25.9 Å². The van der Waals surface area contributed by atoms with Gasteiger partial charge < -0.3 is 15.1 Å². The highest BCUT2D eigenvalue weighted by Crippen LogP contribution is 2.31. The third-order valence-corrected chi connectivity index (χ3v) is 3.55. The number of hydrogen-bond donors (Lipinski definition) is 2. The summed E-state index contributed by atoms with van der Waals surface area (Å²) in [5, 5.41) is 18.7. The molecule has 1 fully saturated rings. The Morgan fingerprint density at radius 1 is 1.41 bits per heavy atom. The third-order valence-electron chi connectivity index (χ3n) is 3.55. The fourth-order valence-electron chi connectivity index (χ4n) is 2.60. The van der Waals surface area contributed by atoms with Crippen LogP contribution in [0.4, 0.5) is 5.69 Å². The van der Waals surface area contributed by atoms with Gasteiger partial charge in [0, 0.05) is 30.9 Å². The van der Waals surface area contributed by atoms with Crippen molar-refractivity contribution in [1.29, 1.82) is 0 Å². The quantitative estimate of drug-likeness (QED) is 0.838. The molecule has 3 nitrogen and oxygen atoms in total. The van der Waals surface area contributed by atoms with Gasteiger partial charge in [0.25, 0.3) is 0 Å². The zero-order chi connectivity index (χ0) is 12.3. The number of nitrogens with zero attached hydrogens (tertiary/aromatic N) is 1. The van der Waals surface area contributed by atoms with Crippen LogP contribution in [0.15, 0.2) is 24.3 Å². The maximum Gasteiger partial charge on any atom is 0.0781 e. The molecular formula is C14H21NO2. The van der Waals surface area contributed by atoms with Crippen LogP contribution in [0.25, 0.3) is 0 Å². The van der Waals surface area contributed by atoms with Gasteiger partial charge in [0.15, 0.2) is 0 Å². The van der Waals surface area contributed by atoms with Crippen molar-refractivity contribution in [3.63, 3.8) is 0 Å². The number of rotatable bonds is 4. The average molecular weight is 235 g/mol. The zero-order valence-corrected chi connectivity index (χ0v) is 10.3. The van der Waals surface area contributed by atoms with Crippen molar-refractivity contribution < 1.29 is 10.2 Å². The Labute approximate surface area is 103 Å². The van der Waals surface area contributed by atoms with E-state index < -0.39 is 6.10 Å². The lowest BCUT2D eigenvalue weighted by atomic mass is 10.1. The first-order chi connectivity index (χ1) is 8.22. The van der Waals surface area contributed by atoms with Crippen molar-refractivity contribution in [2.24, 2.45) is 5.92 Å². The molecule has 1 aromatic rings. The lowest BCUT2D eigenvalue weighted by Crippen LogP contribution is -2.21. The van der Waals surface area contributed by atoms with Crippen LogP contribution in [-0.2, 0) is 0 Å². The Morgan fingerprint density at radius 2 is 2.18 bits per heavy atom. The van der Waals surface area contributed by atoms with E-state index in [1.54, 1.807) is 6.92 Å². The molecule has 0 amide bonds. The van der Waals surface area contributed by atoms with Gasteiger partial charge in [0.05, 0.1) is 6.10 Å². The van der Waals surface area contributed by atoms with Crippen molar-refractivity contribution in [3.8, 4) is 0 Å². The minimum atomic E-state index is -0.428. The van der Waals surface area contributed by atoms with Gasteiger partial charge >= 0.3 is 0 Å². The Balaban J connectivity index is 2.13. The van der Waals surface area contributed by atoms with Crippen LogP contribution >= 0.6 is 0 Å². The predicted octanol–water partition coefficient (Wildman–Crippen LogP) is 1.95. The fourth-order valence-corrected chi connectivity index (χ4v) is 2.60. The maximum absolute atomic E-state index is 9.77. The molecule has 1 aliphatic heterocycles. The Kier molecular flexibility index (Phi) is 4.02. The Morgan fingerprint density at radius 3 is 2.88 bits per heavy atom. The summed E-state index contributed by atoms with van der Waals surface area (Å²) < 4.78 is 0. The zero-order valence-electron chi connectivity index (χ0n) is 10.3. The van der Waals surface area contributed by atoms with Gasteiger partial charge in [-0.1, -0.05) is 18.2 Å². The van der Waals surface area contributed by atoms with Crippen LogP contribution in [0.5, 0.6) is 0 Å². The largest absolute Gasteiger partial charge is 0.396 e. The van der Waals surface area contributed by atoms with Crippen molar-refractivity contribution >= 4 is 5.69 Å². The van der Waals surface area contributed by atoms with E-state index in [2.05, 4.69) is 11.0 Å². The fraction of sp³-hybridized carbons (Fsp3) is 0.571. The van der Waals surface area contributed by atoms with E-state index >= 15 is 0 Å². The maximum atomic E-state index is 9.77. The van der Waals surface area contributed by atoms with E-state index in [4.69, 9.17) is 5.11 Å². The molecule has 94 valence electrons. The lowest BCUT2D eigenvalue weighted by molar-refractivity contribution is 0.199. The molecule has 2 atom stereocenters. The monoisotopic (exact) mass is 235 g/mol. The first kappa shape index (κ1) is 12.4. The minimum absolute atomic E-state index is 0.274. The second kappa shape index (κ2) is 5.52. The highest BCUT2D eigenvalue weighted by atomic mass is 16.3. The molecule has 0 bridgehead atoms. The number of benzene rings is 1.